The average molecular weight is 400 g/mol. The van der Waals surface area contributed by atoms with E-state index in [-0.39, 0.29) is 5.91 Å². The van der Waals surface area contributed by atoms with Crippen molar-refractivity contribution in [3.05, 3.63) is 56.9 Å². The van der Waals surface area contributed by atoms with Gasteiger partial charge >= 0.3 is 0 Å². The van der Waals surface area contributed by atoms with E-state index in [0.29, 0.717) is 22.2 Å². The summed E-state index contributed by atoms with van der Waals surface area (Å²) in [5.74, 6) is -0.426. The highest BCUT2D eigenvalue weighted by atomic mass is 32.1. The molecule has 140 valence electrons. The summed E-state index contributed by atoms with van der Waals surface area (Å²) >= 11 is 2.76. The maximum absolute atomic E-state index is 12.6. The van der Waals surface area contributed by atoms with Gasteiger partial charge in [0.25, 0.3) is 11.8 Å². The van der Waals surface area contributed by atoms with Crippen LogP contribution in [0.5, 0.6) is 0 Å². The van der Waals surface area contributed by atoms with Crippen LogP contribution >= 0.6 is 22.7 Å². The SMILES string of the molecule is Cc1sc(NC(=O)c2csc(-c3ccc(C(C)C)cc3)n2)c(C(N)=O)c1C. The molecule has 3 rings (SSSR count). The van der Waals surface area contributed by atoms with Gasteiger partial charge in [0.1, 0.15) is 15.7 Å². The number of hydrogen-bond acceptors (Lipinski definition) is 5. The van der Waals surface area contributed by atoms with E-state index in [1.165, 1.54) is 28.2 Å². The molecule has 2 heterocycles. The smallest absolute Gasteiger partial charge is 0.275 e. The topological polar surface area (TPSA) is 85.1 Å². The monoisotopic (exact) mass is 399 g/mol. The number of carbonyl (C=O) groups excluding carboxylic acids is 2. The fourth-order valence-electron chi connectivity index (χ4n) is 2.70. The molecule has 2 amide bonds. The Bertz CT molecular complexity index is 1000. The fourth-order valence-corrected chi connectivity index (χ4v) is 4.57. The average Bonchev–Trinajstić information content (AvgIpc) is 3.21. The van der Waals surface area contributed by atoms with Crippen molar-refractivity contribution >= 4 is 39.5 Å². The van der Waals surface area contributed by atoms with Crippen molar-refractivity contribution in [2.45, 2.75) is 33.6 Å². The maximum atomic E-state index is 12.6. The van der Waals surface area contributed by atoms with Gasteiger partial charge in [-0.2, -0.15) is 0 Å². The first-order valence-electron chi connectivity index (χ1n) is 8.55. The minimum absolute atomic E-state index is 0.321. The molecule has 0 aliphatic carbocycles. The summed E-state index contributed by atoms with van der Waals surface area (Å²) in [5, 5.41) is 5.75. The molecule has 5 nitrogen and oxygen atoms in total. The highest BCUT2D eigenvalue weighted by Crippen LogP contribution is 2.33. The summed E-state index contributed by atoms with van der Waals surface area (Å²) in [6.07, 6.45) is 0. The number of benzene rings is 1. The number of hydrogen-bond donors (Lipinski definition) is 2. The van der Waals surface area contributed by atoms with Gasteiger partial charge in [0.05, 0.1) is 5.56 Å². The van der Waals surface area contributed by atoms with E-state index in [9.17, 15) is 9.59 Å². The van der Waals surface area contributed by atoms with Gasteiger partial charge in [0.2, 0.25) is 0 Å². The van der Waals surface area contributed by atoms with E-state index in [2.05, 4.69) is 36.3 Å². The van der Waals surface area contributed by atoms with Crippen LogP contribution in [0.1, 0.15) is 56.6 Å². The summed E-state index contributed by atoms with van der Waals surface area (Å²) < 4.78 is 0. The van der Waals surface area contributed by atoms with E-state index in [1.54, 1.807) is 5.38 Å². The molecule has 27 heavy (non-hydrogen) atoms. The third-order valence-electron chi connectivity index (χ3n) is 4.42. The van der Waals surface area contributed by atoms with Crippen LogP contribution in [0, 0.1) is 13.8 Å². The Morgan fingerprint density at radius 1 is 1.15 bits per heavy atom. The predicted octanol–water partition coefficient (Wildman–Crippen LogP) is 4.96. The summed E-state index contributed by atoms with van der Waals surface area (Å²) in [5.41, 5.74) is 9.18. The number of nitrogens with one attached hydrogen (secondary N) is 1. The number of aromatic nitrogens is 1. The lowest BCUT2D eigenvalue weighted by Gasteiger charge is -2.05. The van der Waals surface area contributed by atoms with Crippen molar-refractivity contribution in [2.75, 3.05) is 5.32 Å². The van der Waals surface area contributed by atoms with Crippen LogP contribution in [-0.2, 0) is 0 Å². The molecule has 1 aromatic carbocycles. The van der Waals surface area contributed by atoms with Crippen molar-refractivity contribution in [2.24, 2.45) is 5.73 Å². The lowest BCUT2D eigenvalue weighted by atomic mass is 10.0. The number of primary amides is 1. The normalized spacial score (nSPS) is 11.0. The zero-order chi connectivity index (χ0) is 19.7. The minimum Gasteiger partial charge on any atom is -0.365 e. The number of thiophene rings is 1. The fraction of sp³-hybridized carbons (Fsp3) is 0.250. The number of aryl methyl sites for hydroxylation is 1. The Morgan fingerprint density at radius 3 is 2.41 bits per heavy atom. The van der Waals surface area contributed by atoms with Gasteiger partial charge in [0.15, 0.2) is 0 Å². The molecule has 0 fully saturated rings. The molecule has 3 N–H and O–H groups in total. The quantitative estimate of drug-likeness (QED) is 0.636. The Hall–Kier alpha value is -2.51. The van der Waals surface area contributed by atoms with Crippen molar-refractivity contribution in [3.8, 4) is 10.6 Å². The molecule has 0 radical (unpaired) electrons. The molecular weight excluding hydrogens is 378 g/mol. The largest absolute Gasteiger partial charge is 0.365 e. The zero-order valence-corrected chi connectivity index (χ0v) is 17.3. The lowest BCUT2D eigenvalue weighted by Crippen LogP contribution is -2.17. The van der Waals surface area contributed by atoms with Gasteiger partial charge < -0.3 is 11.1 Å². The number of amides is 2. The number of carbonyl (C=O) groups is 2. The van der Waals surface area contributed by atoms with Gasteiger partial charge in [-0.1, -0.05) is 38.1 Å². The van der Waals surface area contributed by atoms with Crippen LogP contribution in [-0.4, -0.2) is 16.8 Å². The van der Waals surface area contributed by atoms with E-state index >= 15 is 0 Å². The van der Waals surface area contributed by atoms with Gasteiger partial charge in [0, 0.05) is 15.8 Å². The van der Waals surface area contributed by atoms with Crippen molar-refractivity contribution in [3.63, 3.8) is 0 Å². The maximum Gasteiger partial charge on any atom is 0.275 e. The van der Waals surface area contributed by atoms with E-state index in [0.717, 1.165) is 21.0 Å². The van der Waals surface area contributed by atoms with Crippen molar-refractivity contribution < 1.29 is 9.59 Å². The Balaban J connectivity index is 1.82. The molecule has 0 saturated heterocycles. The first-order valence-corrected chi connectivity index (χ1v) is 10.2. The molecule has 7 heteroatoms. The molecule has 0 unspecified atom stereocenters. The summed E-state index contributed by atoms with van der Waals surface area (Å²) in [7, 11) is 0. The Kier molecular flexibility index (Phi) is 5.43. The van der Waals surface area contributed by atoms with Crippen LogP contribution in [0.25, 0.3) is 10.6 Å². The predicted molar refractivity (Wildman–Crippen MR) is 112 cm³/mol. The third kappa shape index (κ3) is 3.94. The number of anilines is 1. The molecule has 0 aliphatic rings. The number of nitrogens with zero attached hydrogens (tertiary/aromatic N) is 1. The van der Waals surface area contributed by atoms with E-state index in [1.807, 2.05) is 26.0 Å². The molecule has 2 aromatic heterocycles. The van der Waals surface area contributed by atoms with Crippen LogP contribution in [0.2, 0.25) is 0 Å². The van der Waals surface area contributed by atoms with Gasteiger partial charge in [-0.3, -0.25) is 9.59 Å². The number of thiazole rings is 1. The molecule has 0 bridgehead atoms. The molecular formula is C20H21N3O2S2. The van der Waals surface area contributed by atoms with Gasteiger partial charge in [-0.05, 0) is 30.9 Å². The molecule has 0 saturated carbocycles. The van der Waals surface area contributed by atoms with Crippen LogP contribution in [0.15, 0.2) is 29.6 Å². The summed E-state index contributed by atoms with van der Waals surface area (Å²) in [6.45, 7) is 8.01. The van der Waals surface area contributed by atoms with Crippen LogP contribution < -0.4 is 11.1 Å². The van der Waals surface area contributed by atoms with Crippen LogP contribution in [0.3, 0.4) is 0 Å². The lowest BCUT2D eigenvalue weighted by molar-refractivity contribution is 0.100. The highest BCUT2D eigenvalue weighted by Gasteiger charge is 2.20. The second-order valence-corrected chi connectivity index (χ2v) is 8.70. The second kappa shape index (κ2) is 7.62. The Morgan fingerprint density at radius 2 is 1.81 bits per heavy atom. The third-order valence-corrected chi connectivity index (χ3v) is 6.43. The number of rotatable bonds is 5. The van der Waals surface area contributed by atoms with E-state index < -0.39 is 5.91 Å². The van der Waals surface area contributed by atoms with Crippen LogP contribution in [0.4, 0.5) is 5.00 Å². The number of nitrogens with two attached hydrogens (primary N) is 1. The Labute approximate surface area is 166 Å². The summed E-state index contributed by atoms with van der Waals surface area (Å²) in [4.78, 5) is 29.7. The van der Waals surface area contributed by atoms with Gasteiger partial charge in [-0.25, -0.2) is 4.98 Å². The van der Waals surface area contributed by atoms with Gasteiger partial charge in [-0.15, -0.1) is 22.7 Å². The standard InChI is InChI=1S/C20H21N3O2S2/c1-10(2)13-5-7-14(8-6-13)19-22-15(9-26-19)18(25)23-20-16(17(21)24)11(3)12(4)27-20/h5-10H,1-4H3,(H2,21,24)(H,23,25). The zero-order valence-electron chi connectivity index (χ0n) is 15.6. The highest BCUT2D eigenvalue weighted by molar-refractivity contribution is 7.17. The van der Waals surface area contributed by atoms with E-state index in [4.69, 9.17) is 5.73 Å². The minimum atomic E-state index is -0.545. The molecule has 3 aromatic rings. The molecule has 0 atom stereocenters. The van der Waals surface area contributed by atoms with Crippen molar-refractivity contribution in [1.82, 2.24) is 4.98 Å². The summed E-state index contributed by atoms with van der Waals surface area (Å²) in [6, 6.07) is 8.20. The first kappa shape index (κ1) is 19.3. The first-order chi connectivity index (χ1) is 12.8. The van der Waals surface area contributed by atoms with Crippen molar-refractivity contribution in [1.29, 1.82) is 0 Å². The molecule has 0 spiro atoms. The second-order valence-electron chi connectivity index (χ2n) is 6.62. The molecule has 0 aliphatic heterocycles.